The molecule has 2 bridgehead atoms. The van der Waals surface area contributed by atoms with Crippen LogP contribution in [0.2, 0.25) is 0 Å². The second-order valence-corrected chi connectivity index (χ2v) is 2.85. The minimum absolute atomic E-state index is 0. The fraction of sp³-hybridized carbons (Fsp3) is 1.00. The third-order valence-electron chi connectivity index (χ3n) is 2.27. The molecule has 2 fully saturated rings. The van der Waals surface area contributed by atoms with Crippen LogP contribution in [0.4, 0.5) is 0 Å². The van der Waals surface area contributed by atoms with Gasteiger partial charge in [0, 0.05) is 12.1 Å². The first-order valence-electron chi connectivity index (χ1n) is 3.30. The van der Waals surface area contributed by atoms with Gasteiger partial charge in [-0.15, -0.1) is 12.4 Å². The Balaban J connectivity index is 0.000000405. The van der Waals surface area contributed by atoms with E-state index in [9.17, 15) is 0 Å². The van der Waals surface area contributed by atoms with Crippen molar-refractivity contribution in [1.82, 2.24) is 5.32 Å². The van der Waals surface area contributed by atoms with Crippen molar-refractivity contribution in [3.63, 3.8) is 0 Å². The van der Waals surface area contributed by atoms with Crippen LogP contribution in [0.1, 0.15) is 19.3 Å². The highest BCUT2D eigenvalue weighted by molar-refractivity contribution is 5.85. The predicted octanol–water partition coefficient (Wildman–Crippen LogP) is 0.293. The summed E-state index contributed by atoms with van der Waals surface area (Å²) in [6.07, 6.45) is 3.42. The zero-order chi connectivity index (χ0) is 5.56. The molecule has 3 atom stereocenters. The van der Waals surface area contributed by atoms with Crippen LogP contribution in [-0.4, -0.2) is 23.3 Å². The summed E-state index contributed by atoms with van der Waals surface area (Å²) in [7, 11) is 0. The Labute approximate surface area is 61.0 Å². The fourth-order valence-corrected chi connectivity index (χ4v) is 1.80. The number of fused-ring (bicyclic) bond motifs is 2. The van der Waals surface area contributed by atoms with Crippen LogP contribution < -0.4 is 5.32 Å². The maximum Gasteiger partial charge on any atom is 0.0708 e. The van der Waals surface area contributed by atoms with Gasteiger partial charge >= 0.3 is 0 Å². The Hall–Kier alpha value is 0.210. The van der Waals surface area contributed by atoms with E-state index in [0.29, 0.717) is 12.1 Å². The first-order valence-corrected chi connectivity index (χ1v) is 3.30. The van der Waals surface area contributed by atoms with E-state index in [0.717, 1.165) is 6.42 Å². The van der Waals surface area contributed by atoms with Gasteiger partial charge < -0.3 is 10.4 Å². The third kappa shape index (κ3) is 1.07. The van der Waals surface area contributed by atoms with Crippen LogP contribution in [0, 0.1) is 0 Å². The van der Waals surface area contributed by atoms with Crippen molar-refractivity contribution in [3.8, 4) is 0 Å². The number of rotatable bonds is 0. The zero-order valence-electron chi connectivity index (χ0n) is 5.21. The van der Waals surface area contributed by atoms with Gasteiger partial charge in [0.2, 0.25) is 0 Å². The van der Waals surface area contributed by atoms with E-state index in [1.165, 1.54) is 12.8 Å². The quantitative estimate of drug-likeness (QED) is 0.519. The van der Waals surface area contributed by atoms with Crippen LogP contribution in [0.3, 0.4) is 0 Å². The molecule has 2 N–H and O–H groups in total. The molecule has 0 radical (unpaired) electrons. The summed E-state index contributed by atoms with van der Waals surface area (Å²) in [5.74, 6) is 0. The van der Waals surface area contributed by atoms with Crippen molar-refractivity contribution < 1.29 is 5.11 Å². The maximum absolute atomic E-state index is 9.16. The summed E-state index contributed by atoms with van der Waals surface area (Å²) in [4.78, 5) is 0. The lowest BCUT2D eigenvalue weighted by Crippen LogP contribution is -2.26. The zero-order valence-corrected chi connectivity index (χ0v) is 6.03. The normalized spacial score (nSPS) is 47.0. The smallest absolute Gasteiger partial charge is 0.0708 e. The molecule has 2 nitrogen and oxygen atoms in total. The lowest BCUT2D eigenvalue weighted by molar-refractivity contribution is 0.145. The van der Waals surface area contributed by atoms with Gasteiger partial charge in [-0.3, -0.25) is 0 Å². The Kier molecular flexibility index (Phi) is 1.99. The summed E-state index contributed by atoms with van der Waals surface area (Å²) in [5.41, 5.74) is 0. The lowest BCUT2D eigenvalue weighted by atomic mass is 9.98. The number of aliphatic hydroxyl groups is 1. The van der Waals surface area contributed by atoms with Crippen LogP contribution >= 0.6 is 12.4 Å². The third-order valence-corrected chi connectivity index (χ3v) is 2.27. The van der Waals surface area contributed by atoms with Gasteiger partial charge in [-0.05, 0) is 19.3 Å². The van der Waals surface area contributed by atoms with Gasteiger partial charge in [-0.2, -0.15) is 0 Å². The highest BCUT2D eigenvalue weighted by atomic mass is 35.5. The molecule has 0 saturated carbocycles. The average molecular weight is 150 g/mol. The van der Waals surface area contributed by atoms with Gasteiger partial charge in [-0.25, -0.2) is 0 Å². The Morgan fingerprint density at radius 2 is 2.11 bits per heavy atom. The molecule has 2 heterocycles. The number of nitrogens with one attached hydrogen (secondary N) is 1. The predicted molar refractivity (Wildman–Crippen MR) is 37.8 cm³/mol. The molecule has 2 rings (SSSR count). The fourth-order valence-electron chi connectivity index (χ4n) is 1.80. The molecule has 2 saturated heterocycles. The van der Waals surface area contributed by atoms with Gasteiger partial charge in [0.05, 0.1) is 6.10 Å². The van der Waals surface area contributed by atoms with Crippen molar-refractivity contribution in [3.05, 3.63) is 0 Å². The molecule has 9 heavy (non-hydrogen) atoms. The summed E-state index contributed by atoms with van der Waals surface area (Å²) < 4.78 is 0. The monoisotopic (exact) mass is 149 g/mol. The molecular weight excluding hydrogens is 138 g/mol. The van der Waals surface area contributed by atoms with Gasteiger partial charge in [0.15, 0.2) is 0 Å². The molecule has 3 heteroatoms. The molecular formula is C6H12ClNO. The largest absolute Gasteiger partial charge is 0.391 e. The van der Waals surface area contributed by atoms with Crippen LogP contribution in [-0.2, 0) is 0 Å². The summed E-state index contributed by atoms with van der Waals surface area (Å²) in [6.45, 7) is 0. The van der Waals surface area contributed by atoms with Crippen molar-refractivity contribution in [1.29, 1.82) is 0 Å². The van der Waals surface area contributed by atoms with E-state index in [1.54, 1.807) is 0 Å². The molecule has 0 spiro atoms. The topological polar surface area (TPSA) is 32.3 Å². The number of hydrogen-bond acceptors (Lipinski definition) is 2. The van der Waals surface area contributed by atoms with Crippen molar-refractivity contribution in [2.75, 3.05) is 0 Å². The SMILES string of the molecule is Cl.O[C@@H]1C[C@H]2CC[C@@H]1N2. The van der Waals surface area contributed by atoms with E-state index in [-0.39, 0.29) is 18.5 Å². The molecule has 54 valence electrons. The first kappa shape index (κ1) is 7.32. The van der Waals surface area contributed by atoms with E-state index >= 15 is 0 Å². The summed E-state index contributed by atoms with van der Waals surface area (Å²) in [5, 5.41) is 12.5. The summed E-state index contributed by atoms with van der Waals surface area (Å²) in [6, 6.07) is 1.09. The summed E-state index contributed by atoms with van der Waals surface area (Å²) >= 11 is 0. The van der Waals surface area contributed by atoms with Crippen LogP contribution in [0.15, 0.2) is 0 Å². The molecule has 0 aromatic carbocycles. The maximum atomic E-state index is 9.16. The molecule has 0 amide bonds. The minimum atomic E-state index is -0.0336. The van der Waals surface area contributed by atoms with Crippen LogP contribution in [0.5, 0.6) is 0 Å². The van der Waals surface area contributed by atoms with E-state index in [2.05, 4.69) is 5.32 Å². The molecule has 0 aromatic heterocycles. The lowest BCUT2D eigenvalue weighted by Gasteiger charge is -2.12. The number of halogens is 1. The molecule has 0 unspecified atom stereocenters. The highest BCUT2D eigenvalue weighted by Crippen LogP contribution is 2.27. The molecule has 2 aliphatic heterocycles. The highest BCUT2D eigenvalue weighted by Gasteiger charge is 2.37. The number of aliphatic hydroxyl groups excluding tert-OH is 1. The van der Waals surface area contributed by atoms with Gasteiger partial charge in [0.25, 0.3) is 0 Å². The molecule has 0 aliphatic carbocycles. The first-order chi connectivity index (χ1) is 3.86. The molecule has 2 aliphatic rings. The minimum Gasteiger partial charge on any atom is -0.391 e. The second-order valence-electron chi connectivity index (χ2n) is 2.85. The van der Waals surface area contributed by atoms with E-state index in [4.69, 9.17) is 5.11 Å². The Morgan fingerprint density at radius 3 is 2.33 bits per heavy atom. The van der Waals surface area contributed by atoms with Crippen molar-refractivity contribution in [2.45, 2.75) is 37.5 Å². The second kappa shape index (κ2) is 2.45. The van der Waals surface area contributed by atoms with Gasteiger partial charge in [0.1, 0.15) is 0 Å². The Morgan fingerprint density at radius 1 is 1.33 bits per heavy atom. The average Bonchev–Trinajstić information content (AvgIpc) is 2.23. The van der Waals surface area contributed by atoms with Crippen molar-refractivity contribution in [2.24, 2.45) is 0 Å². The van der Waals surface area contributed by atoms with Crippen LogP contribution in [0.25, 0.3) is 0 Å². The number of hydrogen-bond donors (Lipinski definition) is 2. The van der Waals surface area contributed by atoms with E-state index in [1.807, 2.05) is 0 Å². The van der Waals surface area contributed by atoms with E-state index < -0.39 is 0 Å². The standard InChI is InChI=1S/C6H11NO.ClH/c8-6-3-4-1-2-5(6)7-4;/h4-8H,1-3H2;1H/t4-,5+,6-;/m1./s1. The molecule has 0 aromatic rings. The van der Waals surface area contributed by atoms with Crippen molar-refractivity contribution >= 4 is 12.4 Å². The van der Waals surface area contributed by atoms with Gasteiger partial charge in [-0.1, -0.05) is 0 Å². The Bertz CT molecular complexity index is 107.